The van der Waals surface area contributed by atoms with Crippen LogP contribution < -0.4 is 5.32 Å². The zero-order valence-electron chi connectivity index (χ0n) is 7.25. The Hall–Kier alpha value is -0.300. The van der Waals surface area contributed by atoms with Gasteiger partial charge in [0.15, 0.2) is 0 Å². The summed E-state index contributed by atoms with van der Waals surface area (Å²) in [7, 11) is 0. The first-order chi connectivity index (χ1) is 6.16. The Morgan fingerprint density at radius 3 is 2.62 bits per heavy atom. The Balaban J connectivity index is 2.99. The van der Waals surface area contributed by atoms with Gasteiger partial charge in [-0.05, 0) is 0 Å². The molecule has 0 aromatic heterocycles. The maximum absolute atomic E-state index is 11.5. The molecule has 0 aliphatic rings. The lowest BCUT2D eigenvalue weighted by Gasteiger charge is -2.08. The summed E-state index contributed by atoms with van der Waals surface area (Å²) in [4.78, 5) is 0. The SMILES string of the molecule is OCC(O)CNCCOCC(F)F. The van der Waals surface area contributed by atoms with E-state index in [1.807, 2.05) is 0 Å². The molecule has 6 heteroatoms. The minimum Gasteiger partial charge on any atom is -0.394 e. The van der Waals surface area contributed by atoms with Gasteiger partial charge in [0, 0.05) is 13.1 Å². The van der Waals surface area contributed by atoms with E-state index in [4.69, 9.17) is 10.2 Å². The monoisotopic (exact) mass is 199 g/mol. The van der Waals surface area contributed by atoms with Gasteiger partial charge < -0.3 is 20.3 Å². The van der Waals surface area contributed by atoms with Gasteiger partial charge in [0.2, 0.25) is 0 Å². The topological polar surface area (TPSA) is 61.7 Å². The normalized spacial score (nSPS) is 13.6. The molecule has 4 nitrogen and oxygen atoms in total. The van der Waals surface area contributed by atoms with E-state index in [0.717, 1.165) is 0 Å². The predicted octanol–water partition coefficient (Wildman–Crippen LogP) is -0.789. The second kappa shape index (κ2) is 8.31. The van der Waals surface area contributed by atoms with Crippen molar-refractivity contribution in [2.45, 2.75) is 12.5 Å². The lowest BCUT2D eigenvalue weighted by atomic mass is 10.4. The van der Waals surface area contributed by atoms with Crippen LogP contribution in [-0.2, 0) is 4.74 Å². The quantitative estimate of drug-likeness (QED) is 0.448. The molecule has 0 heterocycles. The number of rotatable bonds is 8. The number of aliphatic hydroxyl groups is 2. The third-order valence-corrected chi connectivity index (χ3v) is 1.26. The molecular weight excluding hydrogens is 184 g/mol. The van der Waals surface area contributed by atoms with Crippen LogP contribution in [-0.4, -0.2) is 55.7 Å². The lowest BCUT2D eigenvalue weighted by molar-refractivity contribution is 0.0175. The summed E-state index contributed by atoms with van der Waals surface area (Å²) in [5, 5.41) is 19.9. The number of hydrogen-bond acceptors (Lipinski definition) is 4. The summed E-state index contributed by atoms with van der Waals surface area (Å²) in [6.45, 7) is -0.101. The van der Waals surface area contributed by atoms with E-state index in [2.05, 4.69) is 10.1 Å². The standard InChI is InChI=1S/C7H15F2NO3/c8-7(9)5-13-2-1-10-3-6(12)4-11/h6-7,10-12H,1-5H2. The smallest absolute Gasteiger partial charge is 0.261 e. The van der Waals surface area contributed by atoms with Crippen LogP contribution in [0.25, 0.3) is 0 Å². The zero-order chi connectivity index (χ0) is 10.1. The Morgan fingerprint density at radius 2 is 2.08 bits per heavy atom. The van der Waals surface area contributed by atoms with Crippen LogP contribution >= 0.6 is 0 Å². The molecule has 1 unspecified atom stereocenters. The Labute approximate surface area is 75.5 Å². The van der Waals surface area contributed by atoms with Crippen molar-refractivity contribution in [1.82, 2.24) is 5.32 Å². The number of ether oxygens (including phenoxy) is 1. The lowest BCUT2D eigenvalue weighted by Crippen LogP contribution is -2.31. The van der Waals surface area contributed by atoms with Crippen molar-refractivity contribution in [1.29, 1.82) is 0 Å². The van der Waals surface area contributed by atoms with Gasteiger partial charge in [0.25, 0.3) is 6.43 Å². The second-order valence-corrected chi connectivity index (χ2v) is 2.51. The van der Waals surface area contributed by atoms with Gasteiger partial charge in [-0.3, -0.25) is 0 Å². The zero-order valence-corrected chi connectivity index (χ0v) is 7.25. The molecule has 0 aliphatic heterocycles. The maximum atomic E-state index is 11.5. The first-order valence-corrected chi connectivity index (χ1v) is 4.02. The van der Waals surface area contributed by atoms with Crippen molar-refractivity contribution in [2.24, 2.45) is 0 Å². The summed E-state index contributed by atoms with van der Waals surface area (Å²) < 4.78 is 27.6. The van der Waals surface area contributed by atoms with Crippen molar-refractivity contribution in [3.63, 3.8) is 0 Å². The van der Waals surface area contributed by atoms with Crippen molar-refractivity contribution < 1.29 is 23.7 Å². The number of alkyl halides is 2. The van der Waals surface area contributed by atoms with Gasteiger partial charge >= 0.3 is 0 Å². The molecule has 0 saturated heterocycles. The van der Waals surface area contributed by atoms with Gasteiger partial charge in [-0.25, -0.2) is 8.78 Å². The molecular formula is C7H15F2NO3. The Kier molecular flexibility index (Phi) is 8.11. The highest BCUT2D eigenvalue weighted by Gasteiger charge is 2.02. The largest absolute Gasteiger partial charge is 0.394 e. The second-order valence-electron chi connectivity index (χ2n) is 2.51. The Bertz CT molecular complexity index is 116. The van der Waals surface area contributed by atoms with Gasteiger partial charge in [0.1, 0.15) is 6.61 Å². The molecule has 0 aromatic rings. The first kappa shape index (κ1) is 12.7. The molecule has 1 atom stereocenters. The van der Waals surface area contributed by atoms with Crippen molar-refractivity contribution in [2.75, 3.05) is 32.9 Å². The van der Waals surface area contributed by atoms with E-state index in [9.17, 15) is 8.78 Å². The van der Waals surface area contributed by atoms with E-state index in [1.54, 1.807) is 0 Å². The van der Waals surface area contributed by atoms with E-state index < -0.39 is 19.1 Å². The minimum absolute atomic E-state index is 0.169. The summed E-state index contributed by atoms with van der Waals surface area (Å²) in [5.74, 6) is 0. The minimum atomic E-state index is -2.44. The van der Waals surface area contributed by atoms with Crippen LogP contribution in [0.2, 0.25) is 0 Å². The molecule has 0 radical (unpaired) electrons. The molecule has 0 aromatic carbocycles. The van der Waals surface area contributed by atoms with Crippen LogP contribution in [0, 0.1) is 0 Å². The molecule has 80 valence electrons. The van der Waals surface area contributed by atoms with Crippen molar-refractivity contribution in [3.8, 4) is 0 Å². The fourth-order valence-electron chi connectivity index (χ4n) is 0.650. The van der Waals surface area contributed by atoms with Gasteiger partial charge in [0.05, 0.1) is 19.3 Å². The third kappa shape index (κ3) is 9.62. The summed E-state index contributed by atoms with van der Waals surface area (Å²) in [5.41, 5.74) is 0. The van der Waals surface area contributed by atoms with Crippen molar-refractivity contribution in [3.05, 3.63) is 0 Å². The predicted molar refractivity (Wildman–Crippen MR) is 42.8 cm³/mol. The average Bonchev–Trinajstić information content (AvgIpc) is 2.10. The summed E-state index contributed by atoms with van der Waals surface area (Å²) in [6.07, 6.45) is -3.25. The first-order valence-electron chi connectivity index (χ1n) is 4.02. The average molecular weight is 199 g/mol. The van der Waals surface area contributed by atoms with E-state index in [-0.39, 0.29) is 19.8 Å². The molecule has 0 aliphatic carbocycles. The summed E-state index contributed by atoms with van der Waals surface area (Å²) >= 11 is 0. The van der Waals surface area contributed by atoms with Crippen LogP contribution in [0.1, 0.15) is 0 Å². The molecule has 3 N–H and O–H groups in total. The number of aliphatic hydroxyl groups excluding tert-OH is 2. The van der Waals surface area contributed by atoms with E-state index in [0.29, 0.717) is 6.54 Å². The van der Waals surface area contributed by atoms with Gasteiger partial charge in [-0.1, -0.05) is 0 Å². The van der Waals surface area contributed by atoms with Crippen LogP contribution in [0.5, 0.6) is 0 Å². The van der Waals surface area contributed by atoms with Gasteiger partial charge in [-0.2, -0.15) is 0 Å². The van der Waals surface area contributed by atoms with E-state index in [1.165, 1.54) is 0 Å². The molecule has 0 saturated carbocycles. The fourth-order valence-corrected chi connectivity index (χ4v) is 0.650. The highest BCUT2D eigenvalue weighted by Crippen LogP contribution is 1.91. The van der Waals surface area contributed by atoms with E-state index >= 15 is 0 Å². The van der Waals surface area contributed by atoms with Crippen molar-refractivity contribution >= 4 is 0 Å². The molecule has 0 amide bonds. The maximum Gasteiger partial charge on any atom is 0.261 e. The Morgan fingerprint density at radius 1 is 1.38 bits per heavy atom. The molecule has 0 bridgehead atoms. The molecule has 0 spiro atoms. The van der Waals surface area contributed by atoms with Crippen LogP contribution in [0.4, 0.5) is 8.78 Å². The highest BCUT2D eigenvalue weighted by molar-refractivity contribution is 4.56. The molecule has 13 heavy (non-hydrogen) atoms. The number of hydrogen-bond donors (Lipinski definition) is 3. The summed E-state index contributed by atoms with van der Waals surface area (Å²) in [6, 6.07) is 0. The molecule has 0 fully saturated rings. The number of halogens is 2. The van der Waals surface area contributed by atoms with Crippen LogP contribution in [0.15, 0.2) is 0 Å². The van der Waals surface area contributed by atoms with Crippen LogP contribution in [0.3, 0.4) is 0 Å². The highest BCUT2D eigenvalue weighted by atomic mass is 19.3. The van der Waals surface area contributed by atoms with Gasteiger partial charge in [-0.15, -0.1) is 0 Å². The molecule has 0 rings (SSSR count). The number of nitrogens with one attached hydrogen (secondary N) is 1. The fraction of sp³-hybridized carbons (Fsp3) is 1.00. The third-order valence-electron chi connectivity index (χ3n) is 1.26.